The summed E-state index contributed by atoms with van der Waals surface area (Å²) in [5.41, 5.74) is 1.22. The van der Waals surface area contributed by atoms with E-state index in [9.17, 15) is 23.5 Å². The summed E-state index contributed by atoms with van der Waals surface area (Å²) in [7, 11) is 1.30. The number of methoxy groups -OCH3 is 1. The summed E-state index contributed by atoms with van der Waals surface area (Å²) >= 11 is 7.13. The molecule has 2 fully saturated rings. The number of rotatable bonds is 8. The van der Waals surface area contributed by atoms with Crippen LogP contribution in [0.4, 0.5) is 8.78 Å². The first-order valence-corrected chi connectivity index (χ1v) is 14.9. The fourth-order valence-corrected chi connectivity index (χ4v) is 6.81. The van der Waals surface area contributed by atoms with Gasteiger partial charge in [0, 0.05) is 62.5 Å². The molecule has 0 saturated carbocycles. The number of aliphatic carboxylic acids is 1. The predicted molar refractivity (Wildman–Crippen MR) is 159 cm³/mol. The van der Waals surface area contributed by atoms with Gasteiger partial charge in [0.05, 0.1) is 29.8 Å². The van der Waals surface area contributed by atoms with Gasteiger partial charge in [0.1, 0.15) is 5.01 Å². The van der Waals surface area contributed by atoms with Crippen LogP contribution < -0.4 is 5.32 Å². The second kappa shape index (κ2) is 11.7. The highest BCUT2D eigenvalue weighted by Crippen LogP contribution is 2.38. The second-order valence-corrected chi connectivity index (χ2v) is 12.7. The Labute approximate surface area is 252 Å². The van der Waals surface area contributed by atoms with Gasteiger partial charge in [-0.15, -0.1) is 11.3 Å². The minimum absolute atomic E-state index is 0.0554. The van der Waals surface area contributed by atoms with Crippen LogP contribution >= 0.6 is 23.6 Å². The number of nitrogens with zero attached hydrogens (tertiary/aromatic N) is 4. The molecule has 2 saturated heterocycles. The van der Waals surface area contributed by atoms with E-state index < -0.39 is 34.9 Å². The number of carboxylic acids is 1. The number of hydrogen-bond donors (Lipinski definition) is 2. The minimum Gasteiger partial charge on any atom is -0.481 e. The van der Waals surface area contributed by atoms with E-state index in [1.54, 1.807) is 20.0 Å². The number of carboxylic acid groups (broad SMARTS) is 1. The molecule has 13 heteroatoms. The predicted octanol–water partition coefficient (Wildman–Crippen LogP) is 3.58. The van der Waals surface area contributed by atoms with Gasteiger partial charge in [-0.05, 0) is 56.3 Å². The molecule has 5 rings (SSSR count). The number of halogens is 2. The molecule has 4 heterocycles. The summed E-state index contributed by atoms with van der Waals surface area (Å²) in [6.45, 7) is 8.09. The Kier molecular flexibility index (Phi) is 8.37. The molecular formula is C29H33F2N5O4S2. The van der Waals surface area contributed by atoms with Crippen LogP contribution in [0, 0.1) is 24.0 Å². The number of nitrogens with one attached hydrogen (secondary N) is 1. The molecule has 9 nitrogen and oxygen atoms in total. The lowest BCUT2D eigenvalue weighted by Crippen LogP contribution is -2.53. The highest BCUT2D eigenvalue weighted by Gasteiger charge is 2.42. The van der Waals surface area contributed by atoms with Crippen LogP contribution in [0.3, 0.4) is 0 Å². The molecule has 3 aliphatic heterocycles. The van der Waals surface area contributed by atoms with Gasteiger partial charge in [-0.3, -0.25) is 9.69 Å². The van der Waals surface area contributed by atoms with E-state index in [4.69, 9.17) is 17.0 Å². The molecule has 3 aliphatic rings. The van der Waals surface area contributed by atoms with Gasteiger partial charge in [0.25, 0.3) is 0 Å². The van der Waals surface area contributed by atoms with Crippen molar-refractivity contribution >= 4 is 46.3 Å². The van der Waals surface area contributed by atoms with Crippen LogP contribution in [0.2, 0.25) is 0 Å². The fourth-order valence-electron chi connectivity index (χ4n) is 5.81. The van der Waals surface area contributed by atoms with Gasteiger partial charge in [0.15, 0.2) is 16.7 Å². The number of dihydropyridines is 1. The Hall–Kier alpha value is -3.42. The number of hydrogen-bond acceptors (Lipinski definition) is 8. The molecule has 2 atom stereocenters. The van der Waals surface area contributed by atoms with E-state index in [-0.39, 0.29) is 11.6 Å². The van der Waals surface area contributed by atoms with Gasteiger partial charge in [0.2, 0.25) is 0 Å². The van der Waals surface area contributed by atoms with E-state index in [0.29, 0.717) is 71.9 Å². The van der Waals surface area contributed by atoms with E-state index in [1.165, 1.54) is 31.4 Å². The van der Waals surface area contributed by atoms with Crippen LogP contribution in [-0.2, 0) is 14.3 Å². The zero-order chi connectivity index (χ0) is 30.3. The molecule has 0 spiro atoms. The number of benzene rings is 1. The van der Waals surface area contributed by atoms with Crippen LogP contribution in [0.1, 0.15) is 35.9 Å². The SMILES string of the molecule is COC(=O)C1=C(CN2CCN3C(=S)N(CC(C)(C)C(=O)O)C[C@@H]3C2)NC(c2nccs2)=C[C@H]1c1ccc(F)c(F)c1C. The number of esters is 1. The van der Waals surface area contributed by atoms with E-state index in [1.807, 2.05) is 16.4 Å². The molecular weight excluding hydrogens is 584 g/mol. The highest BCUT2D eigenvalue weighted by atomic mass is 32.1. The van der Waals surface area contributed by atoms with Crippen LogP contribution in [0.5, 0.6) is 0 Å². The third-order valence-corrected chi connectivity index (χ3v) is 9.40. The number of thiazole rings is 1. The summed E-state index contributed by atoms with van der Waals surface area (Å²) in [6.07, 6.45) is 3.49. The Balaban J connectivity index is 1.46. The normalized spacial score (nSPS) is 21.3. The van der Waals surface area contributed by atoms with Gasteiger partial charge in [-0.2, -0.15) is 0 Å². The maximum absolute atomic E-state index is 14.7. The van der Waals surface area contributed by atoms with Crippen LogP contribution in [0.25, 0.3) is 5.70 Å². The summed E-state index contributed by atoms with van der Waals surface area (Å²) in [6, 6.07) is 2.64. The number of carbonyl (C=O) groups excluding carboxylic acids is 1. The number of ether oxygens (including phenoxy) is 1. The Morgan fingerprint density at radius 2 is 2.02 bits per heavy atom. The summed E-state index contributed by atoms with van der Waals surface area (Å²) in [4.78, 5) is 35.7. The lowest BCUT2D eigenvalue weighted by molar-refractivity contribution is -0.147. The van der Waals surface area contributed by atoms with Gasteiger partial charge in [-0.25, -0.2) is 18.6 Å². The highest BCUT2D eigenvalue weighted by molar-refractivity contribution is 7.80. The van der Waals surface area contributed by atoms with Gasteiger partial charge in [-0.1, -0.05) is 6.07 Å². The monoisotopic (exact) mass is 617 g/mol. The largest absolute Gasteiger partial charge is 0.481 e. The molecule has 2 N–H and O–H groups in total. The molecule has 0 unspecified atom stereocenters. The summed E-state index contributed by atoms with van der Waals surface area (Å²) in [5.74, 6) is -4.05. The molecule has 0 radical (unpaired) electrons. The van der Waals surface area contributed by atoms with E-state index >= 15 is 0 Å². The average Bonchev–Trinajstić information content (AvgIpc) is 3.59. The first kappa shape index (κ1) is 30.1. The van der Waals surface area contributed by atoms with Crippen molar-refractivity contribution in [3.05, 3.63) is 68.8 Å². The van der Waals surface area contributed by atoms with Crippen molar-refractivity contribution < 1.29 is 28.2 Å². The zero-order valence-electron chi connectivity index (χ0n) is 23.8. The van der Waals surface area contributed by atoms with Crippen molar-refractivity contribution in [2.45, 2.75) is 32.7 Å². The fraction of sp³-hybridized carbons (Fsp3) is 0.448. The van der Waals surface area contributed by atoms with Crippen molar-refractivity contribution in [3.8, 4) is 0 Å². The molecule has 0 aliphatic carbocycles. The first-order valence-electron chi connectivity index (χ1n) is 13.6. The standard InChI is InChI=1S/C29H33F2N5O4S2/c1-16-18(5-6-20(30)24(16)31)19-11-21(25-32-7-10-42-25)33-22(23(19)26(37)40-4)14-34-8-9-36-17(12-34)13-35(28(36)41)15-29(2,3)27(38)39/h5-7,10-11,17,19,33H,8-9,12-15H2,1-4H3,(H,38,39)/t17-,19-/m0/s1. The number of fused-ring (bicyclic) bond motifs is 1. The van der Waals surface area contributed by atoms with E-state index in [2.05, 4.69) is 20.1 Å². The average molecular weight is 618 g/mol. The van der Waals surface area contributed by atoms with Crippen LogP contribution in [-0.4, -0.2) is 94.3 Å². The molecule has 1 aromatic carbocycles. The second-order valence-electron chi connectivity index (χ2n) is 11.4. The molecule has 224 valence electrons. The lowest BCUT2D eigenvalue weighted by Gasteiger charge is -2.39. The lowest BCUT2D eigenvalue weighted by atomic mass is 9.84. The molecule has 0 amide bonds. The van der Waals surface area contributed by atoms with Gasteiger partial charge >= 0.3 is 11.9 Å². The molecule has 2 aromatic rings. The first-order chi connectivity index (χ1) is 19.9. The Bertz CT molecular complexity index is 1480. The molecule has 0 bridgehead atoms. The topological polar surface area (TPSA) is 98.2 Å². The van der Waals surface area contributed by atoms with Crippen molar-refractivity contribution in [3.63, 3.8) is 0 Å². The third kappa shape index (κ3) is 5.64. The number of aromatic nitrogens is 1. The van der Waals surface area contributed by atoms with Crippen molar-refractivity contribution in [2.24, 2.45) is 5.41 Å². The summed E-state index contributed by atoms with van der Waals surface area (Å²) < 4.78 is 34.0. The maximum Gasteiger partial charge on any atom is 0.336 e. The smallest absolute Gasteiger partial charge is 0.336 e. The van der Waals surface area contributed by atoms with Crippen molar-refractivity contribution in [1.29, 1.82) is 0 Å². The molecule has 42 heavy (non-hydrogen) atoms. The maximum atomic E-state index is 14.7. The van der Waals surface area contributed by atoms with E-state index in [0.717, 1.165) is 6.07 Å². The van der Waals surface area contributed by atoms with Crippen molar-refractivity contribution in [1.82, 2.24) is 25.0 Å². The third-order valence-electron chi connectivity index (χ3n) is 8.10. The van der Waals surface area contributed by atoms with Crippen LogP contribution in [0.15, 0.2) is 41.1 Å². The number of allylic oxidation sites excluding steroid dienone is 1. The van der Waals surface area contributed by atoms with Crippen molar-refractivity contribution in [2.75, 3.05) is 46.4 Å². The Morgan fingerprint density at radius 3 is 2.69 bits per heavy atom. The Morgan fingerprint density at radius 1 is 1.26 bits per heavy atom. The number of piperazine rings is 1. The minimum atomic E-state index is -0.954. The quantitative estimate of drug-likeness (QED) is 0.338. The van der Waals surface area contributed by atoms with Gasteiger partial charge < -0.3 is 25.0 Å². The summed E-state index contributed by atoms with van der Waals surface area (Å²) in [5, 5.41) is 16.2. The zero-order valence-corrected chi connectivity index (χ0v) is 25.5. The number of carbonyl (C=O) groups is 2. The molecule has 1 aromatic heterocycles. The number of thiocarbonyl (C=S) groups is 1.